The molecule has 1 saturated heterocycles. The summed E-state index contributed by atoms with van der Waals surface area (Å²) in [6.07, 6.45) is 1.09. The number of hydrogen-bond donors (Lipinski definition) is 3. The van der Waals surface area contributed by atoms with Gasteiger partial charge in [-0.2, -0.15) is 0 Å². The van der Waals surface area contributed by atoms with Gasteiger partial charge in [-0.15, -0.1) is 0 Å². The van der Waals surface area contributed by atoms with Gasteiger partial charge in [0.15, 0.2) is 5.13 Å². The van der Waals surface area contributed by atoms with Crippen LogP contribution in [0.5, 0.6) is 0 Å². The van der Waals surface area contributed by atoms with E-state index < -0.39 is 6.09 Å². The quantitative estimate of drug-likeness (QED) is 0.285. The molecule has 0 atom stereocenters. The number of piperazine rings is 1. The topological polar surface area (TPSA) is 134 Å². The predicted molar refractivity (Wildman–Crippen MR) is 156 cm³/mol. The number of halogens is 1. The normalized spacial score (nSPS) is 13.7. The minimum atomic E-state index is -0.434. The molecule has 40 heavy (non-hydrogen) atoms. The van der Waals surface area contributed by atoms with Crippen molar-refractivity contribution in [3.8, 4) is 0 Å². The van der Waals surface area contributed by atoms with E-state index in [1.165, 1.54) is 17.5 Å². The van der Waals surface area contributed by atoms with Gasteiger partial charge in [0.25, 0.3) is 5.91 Å². The van der Waals surface area contributed by atoms with Gasteiger partial charge in [0.05, 0.1) is 23.5 Å². The van der Waals surface area contributed by atoms with Crippen molar-refractivity contribution in [1.82, 2.24) is 25.2 Å². The van der Waals surface area contributed by atoms with Gasteiger partial charge in [0, 0.05) is 52.4 Å². The Morgan fingerprint density at radius 3 is 2.67 bits per heavy atom. The summed E-state index contributed by atoms with van der Waals surface area (Å²) in [6.45, 7) is 8.77. The summed E-state index contributed by atoms with van der Waals surface area (Å²) < 4.78 is 10.1. The van der Waals surface area contributed by atoms with Gasteiger partial charge >= 0.3 is 6.09 Å². The molecule has 3 aromatic rings. The van der Waals surface area contributed by atoms with Crippen LogP contribution in [0.15, 0.2) is 30.5 Å². The second kappa shape index (κ2) is 14.2. The highest BCUT2D eigenvalue weighted by atomic mass is 35.5. The lowest BCUT2D eigenvalue weighted by molar-refractivity contribution is 0.103. The molecule has 1 aliphatic rings. The first-order valence-electron chi connectivity index (χ1n) is 12.8. The number of rotatable bonds is 11. The number of anilines is 4. The van der Waals surface area contributed by atoms with E-state index in [1.54, 1.807) is 13.2 Å². The average Bonchev–Trinajstić information content (AvgIpc) is 3.39. The van der Waals surface area contributed by atoms with Crippen molar-refractivity contribution in [3.63, 3.8) is 0 Å². The summed E-state index contributed by atoms with van der Waals surface area (Å²) in [5.74, 6) is 1.75. The zero-order chi connectivity index (χ0) is 28.5. The summed E-state index contributed by atoms with van der Waals surface area (Å²) in [6, 6.07) is 7.34. The second-order valence-electron chi connectivity index (χ2n) is 9.08. The Morgan fingerprint density at radius 2 is 1.93 bits per heavy atom. The smallest absolute Gasteiger partial charge is 0.407 e. The number of hydrogen-bond acceptors (Lipinski definition) is 11. The Labute approximate surface area is 242 Å². The van der Waals surface area contributed by atoms with E-state index in [0.29, 0.717) is 58.7 Å². The molecule has 4 rings (SSSR count). The largest absolute Gasteiger partial charge is 0.448 e. The van der Waals surface area contributed by atoms with Crippen LogP contribution in [0.2, 0.25) is 5.02 Å². The number of amides is 2. The molecular formula is C26H33ClN8O4S. The van der Waals surface area contributed by atoms with Crippen LogP contribution in [0.25, 0.3) is 0 Å². The predicted octanol–water partition coefficient (Wildman–Crippen LogP) is 3.69. The monoisotopic (exact) mass is 588 g/mol. The molecule has 0 saturated carbocycles. The molecule has 0 bridgehead atoms. The van der Waals surface area contributed by atoms with Crippen LogP contribution < -0.4 is 20.9 Å². The number of nitrogens with one attached hydrogen (secondary N) is 3. The van der Waals surface area contributed by atoms with Crippen molar-refractivity contribution in [3.05, 3.63) is 51.7 Å². The fraction of sp³-hybridized carbons (Fsp3) is 0.423. The molecule has 1 aliphatic heterocycles. The Morgan fingerprint density at radius 1 is 1.12 bits per heavy atom. The van der Waals surface area contributed by atoms with E-state index in [4.69, 9.17) is 21.1 Å². The summed E-state index contributed by atoms with van der Waals surface area (Å²) in [5, 5.41) is 9.73. The summed E-state index contributed by atoms with van der Waals surface area (Å²) >= 11 is 7.47. The number of ether oxygens (including phenoxy) is 2. The van der Waals surface area contributed by atoms with Crippen LogP contribution in [0.1, 0.15) is 21.1 Å². The van der Waals surface area contributed by atoms with Gasteiger partial charge in [-0.05, 0) is 25.5 Å². The number of aromatic nitrogens is 3. The zero-order valence-corrected chi connectivity index (χ0v) is 24.3. The first-order valence-corrected chi connectivity index (χ1v) is 14.0. The maximum atomic E-state index is 12.8. The maximum Gasteiger partial charge on any atom is 0.407 e. The van der Waals surface area contributed by atoms with E-state index >= 15 is 0 Å². The lowest BCUT2D eigenvalue weighted by atomic mass is 10.2. The van der Waals surface area contributed by atoms with Crippen LogP contribution in [0.3, 0.4) is 0 Å². The number of nitrogens with zero attached hydrogens (tertiary/aromatic N) is 5. The molecular weight excluding hydrogens is 556 g/mol. The third-order valence-corrected chi connectivity index (χ3v) is 7.39. The van der Waals surface area contributed by atoms with E-state index in [-0.39, 0.29) is 5.91 Å². The highest BCUT2D eigenvalue weighted by Gasteiger charge is 2.20. The van der Waals surface area contributed by atoms with Crippen LogP contribution in [0, 0.1) is 13.8 Å². The number of thiazole rings is 1. The fourth-order valence-corrected chi connectivity index (χ4v) is 5.05. The summed E-state index contributed by atoms with van der Waals surface area (Å²) in [7, 11) is 1.58. The van der Waals surface area contributed by atoms with E-state index in [9.17, 15) is 9.59 Å². The minimum Gasteiger partial charge on any atom is -0.448 e. The Kier molecular flexibility index (Phi) is 10.5. The van der Waals surface area contributed by atoms with Gasteiger partial charge in [0.1, 0.15) is 28.9 Å². The second-order valence-corrected chi connectivity index (χ2v) is 10.5. The number of benzene rings is 1. The van der Waals surface area contributed by atoms with Crippen molar-refractivity contribution in [2.24, 2.45) is 0 Å². The van der Waals surface area contributed by atoms with Crippen LogP contribution in [-0.2, 0) is 9.47 Å². The third-order valence-electron chi connectivity index (χ3n) is 6.16. The fourth-order valence-electron chi connectivity index (χ4n) is 4.06. The molecule has 0 unspecified atom stereocenters. The highest BCUT2D eigenvalue weighted by molar-refractivity contribution is 7.17. The Hall–Kier alpha value is -3.52. The molecule has 12 nitrogen and oxygen atoms in total. The molecule has 0 spiro atoms. The summed E-state index contributed by atoms with van der Waals surface area (Å²) in [5.41, 5.74) is 1.47. The molecule has 1 aromatic carbocycles. The van der Waals surface area contributed by atoms with Gasteiger partial charge in [-0.3, -0.25) is 9.69 Å². The maximum absolute atomic E-state index is 12.8. The molecule has 3 heterocycles. The number of carbonyl (C=O) groups excluding carboxylic acids is 2. The van der Waals surface area contributed by atoms with Crippen molar-refractivity contribution in [2.75, 3.05) is 75.1 Å². The average molecular weight is 589 g/mol. The number of methoxy groups -OCH3 is 1. The molecule has 14 heteroatoms. The zero-order valence-electron chi connectivity index (χ0n) is 22.7. The van der Waals surface area contributed by atoms with Crippen molar-refractivity contribution in [1.29, 1.82) is 0 Å². The standard InChI is InChI=1S/C26H33ClN8O4S/c1-17-5-4-6-19(27)23(17)33-24(36)20-16-29-25(40-20)32-21-15-22(31-18(2)30-21)35-10-8-34(9-11-35)12-14-39-26(37)28-7-13-38-3/h4-6,15-16H,7-14H2,1-3H3,(H,28,37)(H,33,36)(H,29,30,31,32). The minimum absolute atomic E-state index is 0.281. The van der Waals surface area contributed by atoms with Crippen LogP contribution in [0.4, 0.5) is 27.2 Å². The molecule has 2 amide bonds. The van der Waals surface area contributed by atoms with Gasteiger partial charge < -0.3 is 30.3 Å². The van der Waals surface area contributed by atoms with E-state index in [2.05, 4.69) is 40.7 Å². The number of alkyl carbamates (subject to hydrolysis) is 1. The highest BCUT2D eigenvalue weighted by Crippen LogP contribution is 2.28. The van der Waals surface area contributed by atoms with Gasteiger partial charge in [0.2, 0.25) is 0 Å². The van der Waals surface area contributed by atoms with Gasteiger partial charge in [-0.25, -0.2) is 19.7 Å². The third kappa shape index (κ3) is 8.24. The van der Waals surface area contributed by atoms with Gasteiger partial charge in [-0.1, -0.05) is 35.1 Å². The van der Waals surface area contributed by atoms with Crippen molar-refractivity contribution >= 4 is 57.4 Å². The van der Waals surface area contributed by atoms with E-state index in [1.807, 2.05) is 32.0 Å². The number of aryl methyl sites for hydroxylation is 2. The lowest BCUT2D eigenvalue weighted by Gasteiger charge is -2.35. The SMILES string of the molecule is COCCNC(=O)OCCN1CCN(c2cc(Nc3ncc(C(=O)Nc4c(C)cccc4Cl)s3)nc(C)n2)CC1. The molecule has 1 fully saturated rings. The molecule has 3 N–H and O–H groups in total. The first-order chi connectivity index (χ1) is 19.3. The Balaban J connectivity index is 1.29. The van der Waals surface area contributed by atoms with Crippen LogP contribution in [-0.4, -0.2) is 91.4 Å². The lowest BCUT2D eigenvalue weighted by Crippen LogP contribution is -2.48. The molecule has 0 aliphatic carbocycles. The molecule has 2 aromatic heterocycles. The van der Waals surface area contributed by atoms with E-state index in [0.717, 1.165) is 37.6 Å². The first kappa shape index (κ1) is 29.5. The molecule has 0 radical (unpaired) electrons. The summed E-state index contributed by atoms with van der Waals surface area (Å²) in [4.78, 5) is 42.8. The van der Waals surface area contributed by atoms with Crippen LogP contribution >= 0.6 is 22.9 Å². The number of para-hydroxylation sites is 1. The number of carbonyl (C=O) groups is 2. The van der Waals surface area contributed by atoms with Crippen molar-refractivity contribution in [2.45, 2.75) is 13.8 Å². The Bertz CT molecular complexity index is 1300. The van der Waals surface area contributed by atoms with Crippen molar-refractivity contribution < 1.29 is 19.1 Å². The molecule has 214 valence electrons.